The molecule has 108 valence electrons. The molecule has 9 heteroatoms. The highest BCUT2D eigenvalue weighted by Gasteiger charge is 2.39. The van der Waals surface area contributed by atoms with E-state index in [1.165, 1.54) is 0 Å². The molecule has 1 unspecified atom stereocenters. The number of benzene rings is 1. The van der Waals surface area contributed by atoms with E-state index in [1.54, 1.807) is 0 Å². The van der Waals surface area contributed by atoms with Gasteiger partial charge in [-0.25, -0.2) is 9.18 Å². The molecule has 1 aliphatic heterocycles. The Hall–Kier alpha value is -2.03. The van der Waals surface area contributed by atoms with E-state index < -0.39 is 51.7 Å². The number of carboxylic acids is 1. The molecule has 0 aliphatic carbocycles. The van der Waals surface area contributed by atoms with Crippen molar-refractivity contribution in [1.82, 2.24) is 0 Å². The van der Waals surface area contributed by atoms with Gasteiger partial charge in [0.25, 0.3) is 0 Å². The normalized spacial score (nSPS) is 19.4. The number of halogens is 2. The Labute approximate surface area is 112 Å². The summed E-state index contributed by atoms with van der Waals surface area (Å²) in [5, 5.41) is 7.29. The van der Waals surface area contributed by atoms with Crippen molar-refractivity contribution in [2.75, 3.05) is 11.4 Å². The van der Waals surface area contributed by atoms with Crippen LogP contribution in [0.5, 0.6) is 0 Å². The topological polar surface area (TPSA) is 91.8 Å². The monoisotopic (exact) mass is 305 g/mol. The number of anilines is 1. The van der Waals surface area contributed by atoms with Crippen LogP contribution in [0.2, 0.25) is 0 Å². The lowest BCUT2D eigenvalue weighted by Crippen LogP contribution is -2.27. The van der Waals surface area contributed by atoms with Crippen molar-refractivity contribution in [2.45, 2.75) is 11.7 Å². The minimum Gasteiger partial charge on any atom is -0.478 e. The average Bonchev–Trinajstić information content (AvgIpc) is 2.71. The minimum atomic E-state index is -4.86. The van der Waals surface area contributed by atoms with E-state index in [0.29, 0.717) is 0 Å². The van der Waals surface area contributed by atoms with Crippen LogP contribution in [0.25, 0.3) is 0 Å². The molecule has 1 N–H and O–H groups in total. The van der Waals surface area contributed by atoms with Crippen LogP contribution in [0.15, 0.2) is 18.2 Å². The Kier molecular flexibility index (Phi) is 3.46. The number of carbonyl (C=O) groups excluding carboxylic acids is 1. The SMILES string of the molecule is O=C(O)c1cc(N2CC(S(=O)(=O)F)CC2=O)ccc1F. The van der Waals surface area contributed by atoms with Crippen LogP contribution in [0.1, 0.15) is 16.8 Å². The number of aromatic carboxylic acids is 1. The molecule has 0 radical (unpaired) electrons. The zero-order valence-corrected chi connectivity index (χ0v) is 10.7. The van der Waals surface area contributed by atoms with Crippen molar-refractivity contribution in [1.29, 1.82) is 0 Å². The smallest absolute Gasteiger partial charge is 0.338 e. The van der Waals surface area contributed by atoms with Crippen LogP contribution in [-0.2, 0) is 15.0 Å². The van der Waals surface area contributed by atoms with Crippen LogP contribution in [-0.4, -0.2) is 37.2 Å². The first kappa shape index (κ1) is 14.4. The van der Waals surface area contributed by atoms with Crippen molar-refractivity contribution >= 4 is 27.8 Å². The molecule has 1 aliphatic rings. The van der Waals surface area contributed by atoms with Gasteiger partial charge in [0.05, 0.1) is 5.56 Å². The second-order valence-corrected chi connectivity index (χ2v) is 5.89. The van der Waals surface area contributed by atoms with E-state index in [-0.39, 0.29) is 5.69 Å². The van der Waals surface area contributed by atoms with Gasteiger partial charge in [-0.1, -0.05) is 0 Å². The second kappa shape index (κ2) is 4.82. The van der Waals surface area contributed by atoms with Crippen molar-refractivity contribution in [2.24, 2.45) is 0 Å². The number of carbonyl (C=O) groups is 2. The maximum absolute atomic E-state index is 13.2. The third kappa shape index (κ3) is 2.62. The van der Waals surface area contributed by atoms with E-state index in [0.717, 1.165) is 23.1 Å². The zero-order chi connectivity index (χ0) is 15.1. The van der Waals surface area contributed by atoms with E-state index in [1.807, 2.05) is 0 Å². The summed E-state index contributed by atoms with van der Waals surface area (Å²) in [7, 11) is -4.86. The molecule has 1 fully saturated rings. The molecule has 6 nitrogen and oxygen atoms in total. The van der Waals surface area contributed by atoms with Gasteiger partial charge < -0.3 is 10.0 Å². The number of carboxylic acid groups (broad SMARTS) is 1. The fraction of sp³-hybridized carbons (Fsp3) is 0.273. The first-order valence-electron chi connectivity index (χ1n) is 5.47. The van der Waals surface area contributed by atoms with E-state index in [2.05, 4.69) is 0 Å². The number of rotatable bonds is 3. The summed E-state index contributed by atoms with van der Waals surface area (Å²) in [4.78, 5) is 23.4. The third-order valence-corrected chi connectivity index (χ3v) is 4.09. The Morgan fingerprint density at radius 1 is 1.40 bits per heavy atom. The quantitative estimate of drug-likeness (QED) is 0.839. The lowest BCUT2D eigenvalue weighted by molar-refractivity contribution is -0.117. The second-order valence-electron chi connectivity index (χ2n) is 4.28. The van der Waals surface area contributed by atoms with Gasteiger partial charge in [-0.2, -0.15) is 8.42 Å². The molecule has 1 aromatic carbocycles. The van der Waals surface area contributed by atoms with E-state index >= 15 is 0 Å². The molecule has 1 saturated heterocycles. The highest BCUT2D eigenvalue weighted by atomic mass is 32.3. The zero-order valence-electron chi connectivity index (χ0n) is 9.92. The van der Waals surface area contributed by atoms with Crippen LogP contribution in [0.4, 0.5) is 14.0 Å². The molecule has 1 heterocycles. The van der Waals surface area contributed by atoms with Crippen LogP contribution < -0.4 is 4.90 Å². The summed E-state index contributed by atoms with van der Waals surface area (Å²) in [6.45, 7) is -0.428. The van der Waals surface area contributed by atoms with Gasteiger partial charge in [0.2, 0.25) is 5.91 Å². The maximum atomic E-state index is 13.2. The summed E-state index contributed by atoms with van der Waals surface area (Å²) in [6, 6.07) is 2.89. The van der Waals surface area contributed by atoms with Crippen LogP contribution in [0, 0.1) is 5.82 Å². The van der Waals surface area contributed by atoms with Gasteiger partial charge in [-0.15, -0.1) is 3.89 Å². The molecule has 0 spiro atoms. The van der Waals surface area contributed by atoms with Gasteiger partial charge in [0.1, 0.15) is 11.1 Å². The summed E-state index contributed by atoms with van der Waals surface area (Å²) < 4.78 is 47.7. The predicted octanol–water partition coefficient (Wildman–Crippen LogP) is 0.929. The lowest BCUT2D eigenvalue weighted by Gasteiger charge is -2.16. The molecule has 0 saturated carbocycles. The first-order valence-corrected chi connectivity index (χ1v) is 6.91. The highest BCUT2D eigenvalue weighted by molar-refractivity contribution is 7.87. The standard InChI is InChI=1S/C11H9F2NO5S/c12-9-2-1-6(3-8(9)11(16)17)14-5-7(4-10(14)15)20(13,18)19/h1-3,7H,4-5H2,(H,16,17). The molecule has 1 amide bonds. The Morgan fingerprint density at radius 3 is 2.55 bits per heavy atom. The van der Waals surface area contributed by atoms with E-state index in [9.17, 15) is 26.3 Å². The molecule has 0 bridgehead atoms. The van der Waals surface area contributed by atoms with Crippen LogP contribution >= 0.6 is 0 Å². The summed E-state index contributed by atoms with van der Waals surface area (Å²) in [6.07, 6.45) is -0.529. The van der Waals surface area contributed by atoms with Gasteiger partial charge >= 0.3 is 16.2 Å². The summed E-state index contributed by atoms with van der Waals surface area (Å²) >= 11 is 0. The minimum absolute atomic E-state index is 0.0138. The molecule has 0 aromatic heterocycles. The molecular weight excluding hydrogens is 296 g/mol. The molecule has 2 rings (SSSR count). The lowest BCUT2D eigenvalue weighted by atomic mass is 10.2. The fourth-order valence-electron chi connectivity index (χ4n) is 1.96. The molecule has 20 heavy (non-hydrogen) atoms. The van der Waals surface area contributed by atoms with E-state index in [4.69, 9.17) is 5.11 Å². The van der Waals surface area contributed by atoms with Gasteiger partial charge in [-0.3, -0.25) is 4.79 Å². The van der Waals surface area contributed by atoms with Crippen LogP contribution in [0.3, 0.4) is 0 Å². The van der Waals surface area contributed by atoms with Gasteiger partial charge in [0, 0.05) is 18.7 Å². The van der Waals surface area contributed by atoms with Crippen molar-refractivity contribution < 1.29 is 31.4 Å². The Balaban J connectivity index is 2.36. The number of amides is 1. The molecule has 1 atom stereocenters. The summed E-state index contributed by atoms with van der Waals surface area (Å²) in [5.41, 5.74) is -0.637. The number of nitrogens with zero attached hydrogens (tertiary/aromatic N) is 1. The highest BCUT2D eigenvalue weighted by Crippen LogP contribution is 2.27. The Morgan fingerprint density at radius 2 is 2.05 bits per heavy atom. The van der Waals surface area contributed by atoms with Crippen molar-refractivity contribution in [3.63, 3.8) is 0 Å². The summed E-state index contributed by atoms with van der Waals surface area (Å²) in [5.74, 6) is -3.17. The van der Waals surface area contributed by atoms with Crippen molar-refractivity contribution in [3.8, 4) is 0 Å². The third-order valence-electron chi connectivity index (χ3n) is 2.98. The average molecular weight is 305 g/mol. The van der Waals surface area contributed by atoms with Gasteiger partial charge in [0.15, 0.2) is 0 Å². The Bertz CT molecular complexity index is 688. The number of hydrogen-bond acceptors (Lipinski definition) is 4. The largest absolute Gasteiger partial charge is 0.478 e. The molecular formula is C11H9F2NO5S. The van der Waals surface area contributed by atoms with Crippen molar-refractivity contribution in [3.05, 3.63) is 29.6 Å². The number of hydrogen-bond donors (Lipinski definition) is 1. The fourth-order valence-corrected chi connectivity index (χ4v) is 2.63. The van der Waals surface area contributed by atoms with Gasteiger partial charge in [-0.05, 0) is 18.2 Å². The molecule has 1 aromatic rings. The first-order chi connectivity index (χ1) is 9.20. The predicted molar refractivity (Wildman–Crippen MR) is 64.1 cm³/mol. The maximum Gasteiger partial charge on any atom is 0.338 e.